The Balaban J connectivity index is 0.000000246. The molecule has 0 unspecified atom stereocenters. The van der Waals surface area contributed by atoms with Gasteiger partial charge in [0, 0.05) is 37.7 Å². The molecule has 2 aromatic rings. The number of likely N-dealkylation sites (tertiary alicyclic amines) is 2. The van der Waals surface area contributed by atoms with Gasteiger partial charge in [0.15, 0.2) is 16.6 Å². The molecule has 2 aromatic carbocycles. The highest BCUT2D eigenvalue weighted by atomic mass is 28.4. The van der Waals surface area contributed by atoms with Crippen LogP contribution in [0, 0.1) is 0 Å². The van der Waals surface area contributed by atoms with Crippen molar-refractivity contribution in [2.45, 2.75) is 148 Å². The monoisotopic (exact) mass is 652 g/mol. The number of hydrogen-bond donors (Lipinski definition) is 0. The maximum atomic E-state index is 12.2. The van der Waals surface area contributed by atoms with E-state index in [2.05, 4.69) is 129 Å². The van der Waals surface area contributed by atoms with Gasteiger partial charge in [-0.3, -0.25) is 9.69 Å². The second-order valence-electron chi connectivity index (χ2n) is 17.0. The third kappa shape index (κ3) is 10.4. The Labute approximate surface area is 278 Å². The molecule has 0 aliphatic carbocycles. The number of benzene rings is 2. The van der Waals surface area contributed by atoms with Crippen LogP contribution in [0.25, 0.3) is 0 Å². The standard InChI is InChI=1S/C20H35NOSi.C18H29NO2Si/c1-19(2,3)23(6,7)22-16-18-13-14-20(4,5)21(18)15-17-11-9-8-10-12-17;1-18(2,3)22(4,5)21-14-16-11-12-17(20)19(16)13-15-9-7-6-8-10-15/h8-12,18H,13-16H2,1-7H3;6-10,16H,11-14H2,1-5H3/t18-;16-/m11/s1. The molecule has 5 nitrogen and oxygen atoms in total. The zero-order valence-electron chi connectivity index (χ0n) is 30.7. The molecule has 2 atom stereocenters. The molecule has 2 heterocycles. The largest absolute Gasteiger partial charge is 0.415 e. The topological polar surface area (TPSA) is 42.0 Å². The van der Waals surface area contributed by atoms with E-state index in [9.17, 15) is 4.79 Å². The summed E-state index contributed by atoms with van der Waals surface area (Å²) in [7, 11) is -3.42. The van der Waals surface area contributed by atoms with Gasteiger partial charge in [-0.05, 0) is 80.5 Å². The van der Waals surface area contributed by atoms with Gasteiger partial charge in [0.25, 0.3) is 0 Å². The lowest BCUT2D eigenvalue weighted by Gasteiger charge is -2.40. The van der Waals surface area contributed by atoms with Gasteiger partial charge >= 0.3 is 0 Å². The van der Waals surface area contributed by atoms with Crippen molar-refractivity contribution in [3.63, 3.8) is 0 Å². The van der Waals surface area contributed by atoms with Gasteiger partial charge in [0.2, 0.25) is 5.91 Å². The summed E-state index contributed by atoms with van der Waals surface area (Å²) in [6.07, 6.45) is 4.07. The van der Waals surface area contributed by atoms with Crippen LogP contribution in [-0.4, -0.2) is 63.2 Å². The zero-order chi connectivity index (χ0) is 33.7. The lowest BCUT2D eigenvalue weighted by Crippen LogP contribution is -2.48. The first kappa shape index (κ1) is 37.7. The summed E-state index contributed by atoms with van der Waals surface area (Å²) in [5, 5.41) is 0.491. The fourth-order valence-corrected chi connectivity index (χ4v) is 7.70. The molecule has 0 N–H and O–H groups in total. The van der Waals surface area contributed by atoms with Gasteiger partial charge in [0.05, 0.1) is 12.6 Å². The van der Waals surface area contributed by atoms with Crippen LogP contribution in [-0.2, 0) is 26.7 Å². The molecule has 2 fully saturated rings. The number of rotatable bonds is 10. The van der Waals surface area contributed by atoms with Crippen molar-refractivity contribution < 1.29 is 13.6 Å². The Morgan fingerprint density at radius 3 is 1.62 bits per heavy atom. The van der Waals surface area contributed by atoms with Gasteiger partial charge in [0.1, 0.15) is 0 Å². The molecule has 0 radical (unpaired) electrons. The molecule has 7 heteroatoms. The molecule has 2 aliphatic rings. The average Bonchev–Trinajstić information content (AvgIpc) is 3.44. The van der Waals surface area contributed by atoms with Gasteiger partial charge in [-0.15, -0.1) is 0 Å². The average molecular weight is 653 g/mol. The number of amides is 1. The number of carbonyl (C=O) groups is 1. The normalized spacial score (nSPS) is 21.2. The van der Waals surface area contributed by atoms with Crippen LogP contribution < -0.4 is 0 Å². The fraction of sp³-hybridized carbons (Fsp3) is 0.658. The summed E-state index contributed by atoms with van der Waals surface area (Å²) in [5.74, 6) is 0.257. The van der Waals surface area contributed by atoms with Crippen molar-refractivity contribution >= 4 is 22.5 Å². The van der Waals surface area contributed by atoms with E-state index >= 15 is 0 Å². The Bertz CT molecular complexity index is 1200. The maximum Gasteiger partial charge on any atom is 0.223 e. The molecule has 252 valence electrons. The second-order valence-corrected chi connectivity index (χ2v) is 26.6. The zero-order valence-corrected chi connectivity index (χ0v) is 32.7. The first-order valence-electron chi connectivity index (χ1n) is 17.2. The van der Waals surface area contributed by atoms with Crippen molar-refractivity contribution in [3.8, 4) is 0 Å². The van der Waals surface area contributed by atoms with E-state index in [4.69, 9.17) is 8.85 Å². The van der Waals surface area contributed by atoms with E-state index in [1.165, 1.54) is 24.0 Å². The number of nitrogens with zero attached hydrogens (tertiary/aromatic N) is 2. The van der Waals surface area contributed by atoms with Crippen molar-refractivity contribution in [1.29, 1.82) is 0 Å². The number of hydrogen-bond acceptors (Lipinski definition) is 4. The molecule has 0 saturated carbocycles. The molecular formula is C38H64N2O3Si2. The maximum absolute atomic E-state index is 12.2. The summed E-state index contributed by atoms with van der Waals surface area (Å²) >= 11 is 0. The third-order valence-corrected chi connectivity index (χ3v) is 20.0. The quantitative estimate of drug-likeness (QED) is 0.240. The summed E-state index contributed by atoms with van der Waals surface area (Å²) in [5.41, 5.74) is 2.85. The molecule has 0 aromatic heterocycles. The van der Waals surface area contributed by atoms with E-state index in [1.807, 2.05) is 23.1 Å². The second kappa shape index (κ2) is 15.0. The van der Waals surface area contributed by atoms with Crippen LogP contribution in [0.3, 0.4) is 0 Å². The lowest BCUT2D eigenvalue weighted by molar-refractivity contribution is -0.130. The van der Waals surface area contributed by atoms with Crippen LogP contribution in [0.2, 0.25) is 36.3 Å². The SMILES string of the molecule is CC(C)(C)[Si](C)(C)OC[C@H]1CCC(=O)N1Cc1ccccc1.CC1(C)CC[C@H](CO[Si](C)(C)C(C)(C)C)N1Cc1ccccc1. The minimum atomic E-state index is -1.75. The lowest BCUT2D eigenvalue weighted by atomic mass is 10.0. The summed E-state index contributed by atoms with van der Waals surface area (Å²) in [4.78, 5) is 16.9. The van der Waals surface area contributed by atoms with Crippen LogP contribution in [0.5, 0.6) is 0 Å². The van der Waals surface area contributed by atoms with Gasteiger partial charge in [-0.25, -0.2) is 0 Å². The molecule has 4 rings (SSSR count). The van der Waals surface area contributed by atoms with E-state index in [0.29, 0.717) is 25.6 Å². The first-order chi connectivity index (χ1) is 20.7. The highest BCUT2D eigenvalue weighted by Gasteiger charge is 2.43. The predicted molar refractivity (Wildman–Crippen MR) is 195 cm³/mol. The summed E-state index contributed by atoms with van der Waals surface area (Å²) < 4.78 is 12.9. The molecule has 2 aliphatic heterocycles. The molecule has 45 heavy (non-hydrogen) atoms. The molecule has 0 bridgehead atoms. The van der Waals surface area contributed by atoms with E-state index in [1.54, 1.807) is 0 Å². The van der Waals surface area contributed by atoms with Crippen molar-refractivity contribution in [2.75, 3.05) is 13.2 Å². The van der Waals surface area contributed by atoms with Crippen LogP contribution in [0.4, 0.5) is 0 Å². The summed E-state index contributed by atoms with van der Waals surface area (Å²) in [6, 6.07) is 21.8. The van der Waals surface area contributed by atoms with Crippen molar-refractivity contribution in [2.24, 2.45) is 0 Å². The Morgan fingerprint density at radius 1 is 0.711 bits per heavy atom. The Hall–Kier alpha value is -1.78. The Kier molecular flexibility index (Phi) is 12.5. The van der Waals surface area contributed by atoms with Gasteiger partial charge in [-0.1, -0.05) is 102 Å². The summed E-state index contributed by atoms with van der Waals surface area (Å²) in [6.45, 7) is 31.0. The molecule has 1 amide bonds. The predicted octanol–water partition coefficient (Wildman–Crippen LogP) is 9.65. The third-order valence-electron chi connectivity index (χ3n) is 11.0. The number of carbonyl (C=O) groups excluding carboxylic acids is 1. The van der Waals surface area contributed by atoms with Gasteiger partial charge < -0.3 is 13.8 Å². The molecule has 2 saturated heterocycles. The Morgan fingerprint density at radius 2 is 1.16 bits per heavy atom. The molecular weight excluding hydrogens is 589 g/mol. The molecule has 0 spiro atoms. The van der Waals surface area contributed by atoms with Crippen LogP contribution in [0.1, 0.15) is 92.2 Å². The van der Waals surface area contributed by atoms with E-state index in [-0.39, 0.29) is 27.6 Å². The highest BCUT2D eigenvalue weighted by Crippen LogP contribution is 2.40. The first-order valence-corrected chi connectivity index (χ1v) is 23.0. The van der Waals surface area contributed by atoms with Crippen molar-refractivity contribution in [1.82, 2.24) is 9.80 Å². The minimum Gasteiger partial charge on any atom is -0.415 e. The highest BCUT2D eigenvalue weighted by molar-refractivity contribution is 6.74. The minimum absolute atomic E-state index is 0.208. The fourth-order valence-electron chi connectivity index (χ4n) is 5.62. The van der Waals surface area contributed by atoms with Crippen LogP contribution in [0.15, 0.2) is 60.7 Å². The van der Waals surface area contributed by atoms with E-state index in [0.717, 1.165) is 19.6 Å². The van der Waals surface area contributed by atoms with Crippen LogP contribution >= 0.6 is 0 Å². The van der Waals surface area contributed by atoms with Gasteiger partial charge in [-0.2, -0.15) is 0 Å². The smallest absolute Gasteiger partial charge is 0.223 e. The van der Waals surface area contributed by atoms with E-state index < -0.39 is 16.6 Å². The van der Waals surface area contributed by atoms with Crippen molar-refractivity contribution in [3.05, 3.63) is 71.8 Å².